The van der Waals surface area contributed by atoms with E-state index in [9.17, 15) is 4.79 Å². The second-order valence-corrected chi connectivity index (χ2v) is 6.06. The summed E-state index contributed by atoms with van der Waals surface area (Å²) in [7, 11) is 1.35. The summed E-state index contributed by atoms with van der Waals surface area (Å²) in [5.41, 5.74) is 4.95. The Kier molecular flexibility index (Phi) is 5.35. The van der Waals surface area contributed by atoms with Crippen molar-refractivity contribution in [3.8, 4) is 0 Å². The van der Waals surface area contributed by atoms with Crippen molar-refractivity contribution in [3.05, 3.63) is 5.82 Å². The predicted octanol–water partition coefficient (Wildman–Crippen LogP) is 1.61. The van der Waals surface area contributed by atoms with Gasteiger partial charge in [-0.25, -0.2) is 4.98 Å². The molecule has 0 aromatic carbocycles. The molecule has 5 nitrogen and oxygen atoms in total. The summed E-state index contributed by atoms with van der Waals surface area (Å²) in [6, 6.07) is 0. The molecule has 1 rings (SSSR count). The first-order chi connectivity index (χ1) is 7.95. The number of esters is 1. The molecule has 0 amide bonds. The van der Waals surface area contributed by atoms with Gasteiger partial charge in [-0.1, -0.05) is 11.8 Å². The van der Waals surface area contributed by atoms with Crippen LogP contribution in [0.3, 0.4) is 0 Å². The molecule has 1 aromatic heterocycles. The van der Waals surface area contributed by atoms with Gasteiger partial charge in [0.1, 0.15) is 11.4 Å². The van der Waals surface area contributed by atoms with E-state index in [1.165, 1.54) is 18.6 Å². The number of methoxy groups -OCH3 is 1. The molecule has 0 aliphatic carbocycles. The summed E-state index contributed by atoms with van der Waals surface area (Å²) in [6.45, 7) is 3.56. The summed E-state index contributed by atoms with van der Waals surface area (Å²) in [5.74, 6) is 1.31. The molecule has 1 heterocycles. The number of carbonyl (C=O) groups excluding carboxylic acids is 1. The van der Waals surface area contributed by atoms with Crippen molar-refractivity contribution in [3.63, 3.8) is 0 Å². The molecule has 1 atom stereocenters. The molecular weight excluding hydrogens is 258 g/mol. The lowest BCUT2D eigenvalue weighted by molar-refractivity contribution is -0.146. The van der Waals surface area contributed by atoms with Crippen molar-refractivity contribution in [2.75, 3.05) is 12.9 Å². The van der Waals surface area contributed by atoms with Crippen LogP contribution in [0.2, 0.25) is 0 Å². The molecule has 96 valence electrons. The zero-order valence-electron chi connectivity index (χ0n) is 10.2. The topological polar surface area (TPSA) is 78.1 Å². The Balaban J connectivity index is 2.26. The molecule has 1 unspecified atom stereocenters. The fraction of sp³-hybridized carbons (Fsp3) is 0.700. The Morgan fingerprint density at radius 3 is 2.88 bits per heavy atom. The van der Waals surface area contributed by atoms with Gasteiger partial charge >= 0.3 is 5.97 Å². The lowest BCUT2D eigenvalue weighted by Crippen LogP contribution is -2.45. The lowest BCUT2D eigenvalue weighted by Gasteiger charge is -2.20. The minimum atomic E-state index is -0.896. The first kappa shape index (κ1) is 14.4. The molecular formula is C10H17N3O2S2. The van der Waals surface area contributed by atoms with Gasteiger partial charge in [0.25, 0.3) is 0 Å². The molecule has 1 aromatic rings. The number of rotatable bonds is 6. The van der Waals surface area contributed by atoms with Crippen molar-refractivity contribution in [1.29, 1.82) is 0 Å². The van der Waals surface area contributed by atoms with Gasteiger partial charge in [0.15, 0.2) is 4.34 Å². The third-order valence-electron chi connectivity index (χ3n) is 2.23. The second-order valence-electron chi connectivity index (χ2n) is 3.97. The Bertz CT molecular complexity index is 379. The van der Waals surface area contributed by atoms with Crippen molar-refractivity contribution in [1.82, 2.24) is 9.36 Å². The zero-order valence-corrected chi connectivity index (χ0v) is 11.9. The third-order valence-corrected chi connectivity index (χ3v) is 4.24. The average Bonchev–Trinajstić information content (AvgIpc) is 2.69. The number of aromatic nitrogens is 2. The predicted molar refractivity (Wildman–Crippen MR) is 69.2 cm³/mol. The molecule has 0 saturated heterocycles. The van der Waals surface area contributed by atoms with E-state index in [0.717, 1.165) is 22.3 Å². The number of hydrogen-bond acceptors (Lipinski definition) is 7. The van der Waals surface area contributed by atoms with Crippen LogP contribution >= 0.6 is 23.3 Å². The first-order valence-electron chi connectivity index (χ1n) is 5.26. The molecule has 17 heavy (non-hydrogen) atoms. The Hall–Kier alpha value is -0.660. The fourth-order valence-corrected chi connectivity index (χ4v) is 2.93. The summed E-state index contributed by atoms with van der Waals surface area (Å²) in [4.78, 5) is 15.6. The van der Waals surface area contributed by atoms with Gasteiger partial charge in [-0.2, -0.15) is 4.37 Å². The minimum Gasteiger partial charge on any atom is -0.468 e. The highest BCUT2D eigenvalue weighted by Gasteiger charge is 2.28. The van der Waals surface area contributed by atoms with Crippen LogP contribution in [-0.2, 0) is 9.53 Å². The number of hydrogen-bond donors (Lipinski definition) is 1. The van der Waals surface area contributed by atoms with Gasteiger partial charge in [0.05, 0.1) is 7.11 Å². The normalized spacial score (nSPS) is 14.4. The monoisotopic (exact) mass is 275 g/mol. The fourth-order valence-electron chi connectivity index (χ4n) is 1.27. The van der Waals surface area contributed by atoms with Gasteiger partial charge in [0, 0.05) is 5.75 Å². The van der Waals surface area contributed by atoms with Gasteiger partial charge in [-0.3, -0.25) is 4.79 Å². The largest absolute Gasteiger partial charge is 0.468 e. The molecule has 0 aliphatic rings. The zero-order chi connectivity index (χ0) is 12.9. The number of carbonyl (C=O) groups is 1. The van der Waals surface area contributed by atoms with E-state index in [-0.39, 0.29) is 5.97 Å². The van der Waals surface area contributed by atoms with Gasteiger partial charge < -0.3 is 10.5 Å². The van der Waals surface area contributed by atoms with Crippen LogP contribution in [-0.4, -0.2) is 33.7 Å². The minimum absolute atomic E-state index is 0.366. The van der Waals surface area contributed by atoms with E-state index in [4.69, 9.17) is 5.73 Å². The molecule has 0 spiro atoms. The van der Waals surface area contributed by atoms with Gasteiger partial charge in [-0.15, -0.1) is 0 Å². The van der Waals surface area contributed by atoms with E-state index in [0.29, 0.717) is 6.42 Å². The number of nitrogens with zero attached hydrogens (tertiary/aromatic N) is 2. The standard InChI is InChI=1S/C10H17N3O2S2/c1-7-12-9(17-13-7)16-6-4-5-10(2,11)8(14)15-3/h4-6,11H2,1-3H3. The molecule has 0 fully saturated rings. The molecule has 0 aliphatic heterocycles. The average molecular weight is 275 g/mol. The summed E-state index contributed by atoms with van der Waals surface area (Å²) in [5, 5.41) is 0. The number of nitrogens with two attached hydrogens (primary N) is 1. The lowest BCUT2D eigenvalue weighted by atomic mass is 9.98. The van der Waals surface area contributed by atoms with E-state index < -0.39 is 5.54 Å². The van der Waals surface area contributed by atoms with E-state index in [1.807, 2.05) is 6.92 Å². The maximum absolute atomic E-state index is 11.3. The molecule has 0 saturated carbocycles. The Morgan fingerprint density at radius 2 is 2.35 bits per heavy atom. The van der Waals surface area contributed by atoms with E-state index in [1.54, 1.807) is 18.7 Å². The van der Waals surface area contributed by atoms with Crippen LogP contribution in [0.4, 0.5) is 0 Å². The van der Waals surface area contributed by atoms with Crippen LogP contribution in [0.1, 0.15) is 25.6 Å². The van der Waals surface area contributed by atoms with E-state index in [2.05, 4.69) is 14.1 Å². The van der Waals surface area contributed by atoms with Crippen molar-refractivity contribution in [2.45, 2.75) is 36.6 Å². The number of thioether (sulfide) groups is 1. The Morgan fingerprint density at radius 1 is 1.65 bits per heavy atom. The number of aryl methyl sites for hydroxylation is 1. The maximum Gasteiger partial charge on any atom is 0.325 e. The molecule has 0 bridgehead atoms. The van der Waals surface area contributed by atoms with Crippen molar-refractivity contribution >= 4 is 29.3 Å². The SMILES string of the molecule is COC(=O)C(C)(N)CCCSc1nc(C)ns1. The van der Waals surface area contributed by atoms with Crippen LogP contribution in [0.25, 0.3) is 0 Å². The summed E-state index contributed by atoms with van der Waals surface area (Å²) in [6.07, 6.45) is 1.44. The van der Waals surface area contributed by atoms with Crippen LogP contribution in [0, 0.1) is 6.92 Å². The highest BCUT2D eigenvalue weighted by atomic mass is 32.2. The summed E-state index contributed by atoms with van der Waals surface area (Å²) < 4.78 is 9.70. The Labute approximate surface area is 109 Å². The van der Waals surface area contributed by atoms with Crippen LogP contribution < -0.4 is 5.73 Å². The smallest absolute Gasteiger partial charge is 0.325 e. The third kappa shape index (κ3) is 4.61. The first-order valence-corrected chi connectivity index (χ1v) is 7.02. The van der Waals surface area contributed by atoms with Crippen LogP contribution in [0.15, 0.2) is 4.34 Å². The van der Waals surface area contributed by atoms with Gasteiger partial charge in [-0.05, 0) is 38.2 Å². The van der Waals surface area contributed by atoms with Crippen LogP contribution in [0.5, 0.6) is 0 Å². The molecule has 0 radical (unpaired) electrons. The quantitative estimate of drug-likeness (QED) is 0.483. The maximum atomic E-state index is 11.3. The van der Waals surface area contributed by atoms with Gasteiger partial charge in [0.2, 0.25) is 0 Å². The highest BCUT2D eigenvalue weighted by Crippen LogP contribution is 2.22. The molecule has 2 N–H and O–H groups in total. The van der Waals surface area contributed by atoms with Crippen molar-refractivity contribution < 1.29 is 9.53 Å². The van der Waals surface area contributed by atoms with Crippen molar-refractivity contribution in [2.24, 2.45) is 5.73 Å². The second kappa shape index (κ2) is 6.32. The van der Waals surface area contributed by atoms with E-state index >= 15 is 0 Å². The highest BCUT2D eigenvalue weighted by molar-refractivity contribution is 8.00. The number of ether oxygens (including phenoxy) is 1. The summed E-state index contributed by atoms with van der Waals surface area (Å²) >= 11 is 3.04. The molecule has 7 heteroatoms.